The van der Waals surface area contributed by atoms with Gasteiger partial charge in [-0.25, -0.2) is 4.98 Å². The summed E-state index contributed by atoms with van der Waals surface area (Å²) >= 11 is 3.41. The van der Waals surface area contributed by atoms with E-state index in [1.54, 1.807) is 0 Å². The molecule has 0 fully saturated rings. The van der Waals surface area contributed by atoms with Crippen molar-refractivity contribution < 1.29 is 0 Å². The highest BCUT2D eigenvalue weighted by Crippen LogP contribution is 2.16. The number of nitrogens with one attached hydrogen (secondary N) is 1. The third-order valence-corrected chi connectivity index (χ3v) is 2.30. The largest absolute Gasteiger partial charge is 0.368 e. The van der Waals surface area contributed by atoms with Crippen LogP contribution in [0.15, 0.2) is 16.6 Å². The number of anilines is 1. The molecule has 2 nitrogen and oxygen atoms in total. The molecule has 1 heterocycles. The molecular weight excluding hydrogens is 216 g/mol. The summed E-state index contributed by atoms with van der Waals surface area (Å²) in [5.74, 6) is 0.936. The van der Waals surface area contributed by atoms with Crippen LogP contribution in [0.1, 0.15) is 19.5 Å². The third-order valence-electron chi connectivity index (χ3n) is 1.46. The number of hydrogen-bond acceptors (Lipinski definition) is 2. The van der Waals surface area contributed by atoms with Crippen LogP contribution in [0.5, 0.6) is 0 Å². The van der Waals surface area contributed by atoms with Gasteiger partial charge in [0.15, 0.2) is 0 Å². The van der Waals surface area contributed by atoms with Gasteiger partial charge < -0.3 is 5.32 Å². The van der Waals surface area contributed by atoms with Crippen molar-refractivity contribution in [3.05, 3.63) is 22.3 Å². The molecule has 0 atom stereocenters. The van der Waals surface area contributed by atoms with E-state index >= 15 is 0 Å². The van der Waals surface area contributed by atoms with Gasteiger partial charge in [0.2, 0.25) is 0 Å². The van der Waals surface area contributed by atoms with Crippen molar-refractivity contribution in [3.8, 4) is 0 Å². The van der Waals surface area contributed by atoms with Crippen LogP contribution in [-0.4, -0.2) is 11.0 Å². The molecule has 0 bridgehead atoms. The highest BCUT2D eigenvalue weighted by molar-refractivity contribution is 9.10. The number of nitrogens with zero attached hydrogens (tertiary/aromatic N) is 1. The Morgan fingerprint density at radius 2 is 2.08 bits per heavy atom. The molecular formula is C9H13BrN2. The zero-order valence-electron chi connectivity index (χ0n) is 7.56. The smallest absolute Gasteiger partial charge is 0.126 e. The van der Waals surface area contributed by atoms with E-state index in [2.05, 4.69) is 40.1 Å². The van der Waals surface area contributed by atoms with Crippen molar-refractivity contribution in [3.63, 3.8) is 0 Å². The van der Waals surface area contributed by atoms with Crippen LogP contribution >= 0.6 is 15.9 Å². The molecule has 1 N–H and O–H groups in total. The van der Waals surface area contributed by atoms with E-state index in [1.807, 2.05) is 19.1 Å². The number of halogens is 1. The molecule has 0 saturated heterocycles. The van der Waals surface area contributed by atoms with Crippen molar-refractivity contribution in [2.75, 3.05) is 5.32 Å². The van der Waals surface area contributed by atoms with Gasteiger partial charge in [0, 0.05) is 10.5 Å². The van der Waals surface area contributed by atoms with Gasteiger partial charge in [-0.05, 0) is 48.8 Å². The molecule has 1 aromatic heterocycles. The summed E-state index contributed by atoms with van der Waals surface area (Å²) in [6.45, 7) is 6.17. The SMILES string of the molecule is Cc1nc(NC(C)C)ccc1Br. The summed E-state index contributed by atoms with van der Waals surface area (Å²) in [5.41, 5.74) is 1.01. The Morgan fingerprint density at radius 3 is 2.58 bits per heavy atom. The topological polar surface area (TPSA) is 24.9 Å². The van der Waals surface area contributed by atoms with Gasteiger partial charge in [-0.3, -0.25) is 0 Å². The highest BCUT2D eigenvalue weighted by atomic mass is 79.9. The van der Waals surface area contributed by atoms with Crippen LogP contribution in [0, 0.1) is 6.92 Å². The molecule has 0 amide bonds. The fraction of sp³-hybridized carbons (Fsp3) is 0.444. The number of aryl methyl sites for hydroxylation is 1. The minimum Gasteiger partial charge on any atom is -0.368 e. The second-order valence-corrected chi connectivity index (χ2v) is 3.92. The van der Waals surface area contributed by atoms with E-state index in [4.69, 9.17) is 0 Å². The lowest BCUT2D eigenvalue weighted by Crippen LogP contribution is -2.11. The first-order valence-electron chi connectivity index (χ1n) is 3.99. The van der Waals surface area contributed by atoms with Gasteiger partial charge in [-0.1, -0.05) is 0 Å². The molecule has 0 aliphatic heterocycles. The molecule has 0 unspecified atom stereocenters. The molecule has 0 spiro atoms. The van der Waals surface area contributed by atoms with Crippen LogP contribution in [0.3, 0.4) is 0 Å². The first-order valence-corrected chi connectivity index (χ1v) is 4.78. The maximum atomic E-state index is 4.35. The third kappa shape index (κ3) is 2.48. The van der Waals surface area contributed by atoms with Gasteiger partial charge in [0.05, 0.1) is 5.69 Å². The first kappa shape index (κ1) is 9.52. The van der Waals surface area contributed by atoms with Crippen LogP contribution in [0.4, 0.5) is 5.82 Å². The maximum absolute atomic E-state index is 4.35. The fourth-order valence-corrected chi connectivity index (χ4v) is 1.14. The molecule has 0 aromatic carbocycles. The van der Waals surface area contributed by atoms with Crippen LogP contribution in [-0.2, 0) is 0 Å². The second kappa shape index (κ2) is 3.90. The minimum absolute atomic E-state index is 0.429. The lowest BCUT2D eigenvalue weighted by atomic mass is 10.3. The van der Waals surface area contributed by atoms with E-state index < -0.39 is 0 Å². The summed E-state index contributed by atoms with van der Waals surface area (Å²) in [5, 5.41) is 3.24. The van der Waals surface area contributed by atoms with Crippen molar-refractivity contribution >= 4 is 21.7 Å². The Balaban J connectivity index is 2.82. The molecule has 0 aliphatic carbocycles. The molecule has 0 saturated carbocycles. The van der Waals surface area contributed by atoms with Gasteiger partial charge >= 0.3 is 0 Å². The maximum Gasteiger partial charge on any atom is 0.126 e. The fourth-order valence-electron chi connectivity index (χ4n) is 0.920. The normalized spacial score (nSPS) is 10.4. The van der Waals surface area contributed by atoms with E-state index in [-0.39, 0.29) is 0 Å². The number of aromatic nitrogens is 1. The van der Waals surface area contributed by atoms with Crippen molar-refractivity contribution in [1.82, 2.24) is 4.98 Å². The van der Waals surface area contributed by atoms with Gasteiger partial charge in [-0.2, -0.15) is 0 Å². The molecule has 12 heavy (non-hydrogen) atoms. The number of pyridine rings is 1. The molecule has 0 radical (unpaired) electrons. The van der Waals surface area contributed by atoms with Crippen molar-refractivity contribution in [2.45, 2.75) is 26.8 Å². The van der Waals surface area contributed by atoms with Crippen molar-refractivity contribution in [2.24, 2.45) is 0 Å². The lowest BCUT2D eigenvalue weighted by Gasteiger charge is -2.09. The van der Waals surface area contributed by atoms with Crippen LogP contribution < -0.4 is 5.32 Å². The first-order chi connectivity index (χ1) is 5.59. The average Bonchev–Trinajstić information content (AvgIpc) is 1.96. The van der Waals surface area contributed by atoms with E-state index in [0.717, 1.165) is 16.0 Å². The molecule has 3 heteroatoms. The van der Waals surface area contributed by atoms with Gasteiger partial charge in [-0.15, -0.1) is 0 Å². The quantitative estimate of drug-likeness (QED) is 0.843. The van der Waals surface area contributed by atoms with Gasteiger partial charge in [0.1, 0.15) is 5.82 Å². The summed E-state index contributed by atoms with van der Waals surface area (Å²) in [6, 6.07) is 4.41. The zero-order chi connectivity index (χ0) is 9.14. The Morgan fingerprint density at radius 1 is 1.42 bits per heavy atom. The minimum atomic E-state index is 0.429. The summed E-state index contributed by atoms with van der Waals surface area (Å²) in [4.78, 5) is 4.35. The van der Waals surface area contributed by atoms with Crippen molar-refractivity contribution in [1.29, 1.82) is 0 Å². The number of rotatable bonds is 2. The molecule has 66 valence electrons. The summed E-state index contributed by atoms with van der Waals surface area (Å²) in [6.07, 6.45) is 0. The predicted octanol–water partition coefficient (Wildman–Crippen LogP) is 2.97. The standard InChI is InChI=1S/C9H13BrN2/c1-6(2)11-9-5-4-8(10)7(3)12-9/h4-6H,1-3H3,(H,11,12). The Hall–Kier alpha value is -0.570. The number of hydrogen-bond donors (Lipinski definition) is 1. The molecule has 1 rings (SSSR count). The average molecular weight is 229 g/mol. The summed E-state index contributed by atoms with van der Waals surface area (Å²) in [7, 11) is 0. The van der Waals surface area contributed by atoms with E-state index in [0.29, 0.717) is 6.04 Å². The Kier molecular flexibility index (Phi) is 3.09. The lowest BCUT2D eigenvalue weighted by molar-refractivity contribution is 0.886. The van der Waals surface area contributed by atoms with E-state index in [1.165, 1.54) is 0 Å². The Bertz CT molecular complexity index is 271. The summed E-state index contributed by atoms with van der Waals surface area (Å²) < 4.78 is 1.05. The highest BCUT2D eigenvalue weighted by Gasteiger charge is 1.99. The second-order valence-electron chi connectivity index (χ2n) is 3.06. The monoisotopic (exact) mass is 228 g/mol. The van der Waals surface area contributed by atoms with E-state index in [9.17, 15) is 0 Å². The predicted molar refractivity (Wildman–Crippen MR) is 55.4 cm³/mol. The molecule has 1 aromatic rings. The Labute approximate surface area is 81.5 Å². The van der Waals surface area contributed by atoms with Gasteiger partial charge in [0.25, 0.3) is 0 Å². The zero-order valence-corrected chi connectivity index (χ0v) is 9.14. The van der Waals surface area contributed by atoms with Crippen LogP contribution in [0.2, 0.25) is 0 Å². The molecule has 0 aliphatic rings. The van der Waals surface area contributed by atoms with Crippen LogP contribution in [0.25, 0.3) is 0 Å².